The van der Waals surface area contributed by atoms with Gasteiger partial charge < -0.3 is 5.32 Å². The molecule has 1 aliphatic heterocycles. The summed E-state index contributed by atoms with van der Waals surface area (Å²) in [5, 5.41) is 3.13. The third-order valence-corrected chi connectivity index (χ3v) is 7.58. The lowest BCUT2D eigenvalue weighted by molar-refractivity contribution is -0.126. The van der Waals surface area contributed by atoms with Crippen molar-refractivity contribution in [3.8, 4) is 0 Å². The number of piperidine rings is 1. The van der Waals surface area contributed by atoms with Crippen LogP contribution in [-0.4, -0.2) is 31.2 Å². The summed E-state index contributed by atoms with van der Waals surface area (Å²) < 4.78 is 27.9. The highest BCUT2D eigenvalue weighted by molar-refractivity contribution is 7.89. The number of nitrogens with zero attached hydrogens (tertiary/aromatic N) is 1. The Morgan fingerprint density at radius 3 is 1.87 bits per heavy atom. The summed E-state index contributed by atoms with van der Waals surface area (Å²) in [5.74, 6) is -0.267. The van der Waals surface area contributed by atoms with Gasteiger partial charge >= 0.3 is 0 Å². The van der Waals surface area contributed by atoms with E-state index >= 15 is 0 Å². The number of amides is 1. The van der Waals surface area contributed by atoms with E-state index in [-0.39, 0.29) is 16.8 Å². The topological polar surface area (TPSA) is 66.5 Å². The molecule has 4 rings (SSSR count). The Balaban J connectivity index is 1.63. The zero-order chi connectivity index (χ0) is 21.7. The van der Waals surface area contributed by atoms with Crippen molar-refractivity contribution in [1.82, 2.24) is 9.62 Å². The number of nitrogens with one attached hydrogen (secondary N) is 1. The van der Waals surface area contributed by atoms with E-state index in [0.29, 0.717) is 13.0 Å². The van der Waals surface area contributed by atoms with Gasteiger partial charge in [-0.1, -0.05) is 85.3 Å². The molecule has 0 aliphatic carbocycles. The number of benzene rings is 3. The van der Waals surface area contributed by atoms with Crippen LogP contribution in [0.25, 0.3) is 0 Å². The lowest BCUT2D eigenvalue weighted by Gasteiger charge is -2.34. The predicted octanol–water partition coefficient (Wildman–Crippen LogP) is 4.14. The van der Waals surface area contributed by atoms with Crippen LogP contribution in [0.2, 0.25) is 0 Å². The van der Waals surface area contributed by atoms with Crippen molar-refractivity contribution >= 4 is 15.9 Å². The molecule has 1 amide bonds. The fourth-order valence-electron chi connectivity index (χ4n) is 4.07. The molecule has 1 aliphatic rings. The van der Waals surface area contributed by atoms with E-state index in [0.717, 1.165) is 24.0 Å². The highest BCUT2D eigenvalue weighted by Gasteiger charge is 2.38. The van der Waals surface area contributed by atoms with E-state index in [1.54, 1.807) is 30.3 Å². The number of carbonyl (C=O) groups is 1. The summed E-state index contributed by atoms with van der Waals surface area (Å²) in [6, 6.07) is 26.7. The van der Waals surface area contributed by atoms with Crippen LogP contribution in [-0.2, 0) is 14.8 Å². The molecule has 0 bridgehead atoms. The first-order valence-corrected chi connectivity index (χ1v) is 12.0. The summed E-state index contributed by atoms with van der Waals surface area (Å²) in [5.41, 5.74) is 1.91. The number of carbonyl (C=O) groups excluding carboxylic acids is 1. The number of rotatable bonds is 6. The van der Waals surface area contributed by atoms with Gasteiger partial charge in [0.25, 0.3) is 0 Å². The maximum absolute atomic E-state index is 13.4. The van der Waals surface area contributed by atoms with E-state index < -0.39 is 16.1 Å². The Bertz CT molecular complexity index is 1060. The Hall–Kier alpha value is -2.96. The van der Waals surface area contributed by atoms with Crippen LogP contribution in [0.4, 0.5) is 0 Å². The van der Waals surface area contributed by atoms with E-state index in [1.165, 1.54) is 4.31 Å². The zero-order valence-corrected chi connectivity index (χ0v) is 18.0. The van der Waals surface area contributed by atoms with Crippen LogP contribution in [0, 0.1) is 0 Å². The molecule has 31 heavy (non-hydrogen) atoms. The van der Waals surface area contributed by atoms with Gasteiger partial charge in [0, 0.05) is 6.54 Å². The maximum Gasteiger partial charge on any atom is 0.243 e. The summed E-state index contributed by atoms with van der Waals surface area (Å²) in [6.45, 7) is 0.344. The second kappa shape index (κ2) is 9.45. The molecule has 1 atom stereocenters. The fraction of sp³-hybridized carbons (Fsp3) is 0.240. The molecular weight excluding hydrogens is 408 g/mol. The minimum atomic E-state index is -3.75. The summed E-state index contributed by atoms with van der Waals surface area (Å²) in [4.78, 5) is 13.6. The number of hydrogen-bond acceptors (Lipinski definition) is 3. The quantitative estimate of drug-likeness (QED) is 0.634. The van der Waals surface area contributed by atoms with Crippen molar-refractivity contribution in [2.24, 2.45) is 0 Å². The van der Waals surface area contributed by atoms with Crippen LogP contribution in [0.5, 0.6) is 0 Å². The van der Waals surface area contributed by atoms with Crippen molar-refractivity contribution in [1.29, 1.82) is 0 Å². The number of hydrogen-bond donors (Lipinski definition) is 1. The highest BCUT2D eigenvalue weighted by Crippen LogP contribution is 2.27. The predicted molar refractivity (Wildman–Crippen MR) is 121 cm³/mol. The Morgan fingerprint density at radius 1 is 0.806 bits per heavy atom. The zero-order valence-electron chi connectivity index (χ0n) is 17.2. The van der Waals surface area contributed by atoms with E-state index in [2.05, 4.69) is 5.32 Å². The van der Waals surface area contributed by atoms with Crippen LogP contribution in [0.15, 0.2) is 95.9 Å². The third-order valence-electron chi connectivity index (χ3n) is 5.66. The molecule has 1 N–H and O–H groups in total. The van der Waals surface area contributed by atoms with Gasteiger partial charge in [-0.25, -0.2) is 8.42 Å². The first-order valence-electron chi connectivity index (χ1n) is 10.5. The van der Waals surface area contributed by atoms with Crippen LogP contribution >= 0.6 is 0 Å². The second-order valence-electron chi connectivity index (χ2n) is 7.70. The largest absolute Gasteiger partial charge is 0.344 e. The van der Waals surface area contributed by atoms with Gasteiger partial charge in [0.15, 0.2) is 0 Å². The van der Waals surface area contributed by atoms with Crippen molar-refractivity contribution in [2.45, 2.75) is 36.2 Å². The Labute approximate surface area is 183 Å². The molecule has 5 nitrogen and oxygen atoms in total. The Kier molecular flexibility index (Phi) is 6.49. The Morgan fingerprint density at radius 2 is 1.32 bits per heavy atom. The van der Waals surface area contributed by atoms with Crippen LogP contribution in [0.1, 0.15) is 36.4 Å². The van der Waals surface area contributed by atoms with Crippen molar-refractivity contribution in [2.75, 3.05) is 6.54 Å². The van der Waals surface area contributed by atoms with Gasteiger partial charge in [-0.05, 0) is 36.1 Å². The minimum absolute atomic E-state index is 0.220. The van der Waals surface area contributed by atoms with Gasteiger partial charge in [-0.15, -0.1) is 0 Å². The van der Waals surface area contributed by atoms with Crippen molar-refractivity contribution in [3.63, 3.8) is 0 Å². The molecule has 0 aromatic heterocycles. The van der Waals surface area contributed by atoms with Crippen molar-refractivity contribution < 1.29 is 13.2 Å². The summed E-state index contributed by atoms with van der Waals surface area (Å²) >= 11 is 0. The summed E-state index contributed by atoms with van der Waals surface area (Å²) in [6.07, 6.45) is 2.07. The highest BCUT2D eigenvalue weighted by atomic mass is 32.2. The maximum atomic E-state index is 13.4. The molecule has 1 saturated heterocycles. The fourth-order valence-corrected chi connectivity index (χ4v) is 5.75. The van der Waals surface area contributed by atoms with Gasteiger partial charge in [0.2, 0.25) is 15.9 Å². The number of sulfonamides is 1. The van der Waals surface area contributed by atoms with Gasteiger partial charge in [0.1, 0.15) is 6.04 Å². The smallest absolute Gasteiger partial charge is 0.243 e. The molecule has 1 unspecified atom stereocenters. The van der Waals surface area contributed by atoms with E-state index in [4.69, 9.17) is 0 Å². The lowest BCUT2D eigenvalue weighted by atomic mass is 9.97. The van der Waals surface area contributed by atoms with Gasteiger partial charge in [0.05, 0.1) is 10.9 Å². The second-order valence-corrected chi connectivity index (χ2v) is 9.59. The first kappa shape index (κ1) is 21.3. The van der Waals surface area contributed by atoms with Crippen LogP contribution < -0.4 is 5.32 Å². The molecule has 0 saturated carbocycles. The van der Waals surface area contributed by atoms with Gasteiger partial charge in [-0.2, -0.15) is 4.31 Å². The third kappa shape index (κ3) is 4.70. The molecule has 1 heterocycles. The molecule has 0 radical (unpaired) electrons. The summed E-state index contributed by atoms with van der Waals surface area (Å²) in [7, 11) is -3.75. The molecule has 0 spiro atoms. The average Bonchev–Trinajstić information content (AvgIpc) is 2.84. The lowest BCUT2D eigenvalue weighted by Crippen LogP contribution is -2.52. The normalized spacial score (nSPS) is 17.4. The first-order chi connectivity index (χ1) is 15.1. The van der Waals surface area contributed by atoms with Crippen LogP contribution in [0.3, 0.4) is 0 Å². The SMILES string of the molecule is O=C(NC(c1ccccc1)c1ccccc1)C1CCCCN1S(=O)(=O)c1ccccc1. The van der Waals surface area contributed by atoms with Crippen molar-refractivity contribution in [3.05, 3.63) is 102 Å². The standard InChI is InChI=1S/C25H26N2O3S/c28-25(26-24(20-12-4-1-5-13-20)21-14-6-2-7-15-21)23-18-10-11-19-27(23)31(29,30)22-16-8-3-9-17-22/h1-9,12-17,23-24H,10-11,18-19H2,(H,26,28). The molecule has 6 heteroatoms. The molecule has 3 aromatic rings. The van der Waals surface area contributed by atoms with E-state index in [1.807, 2.05) is 60.7 Å². The molecule has 3 aromatic carbocycles. The average molecular weight is 435 g/mol. The van der Waals surface area contributed by atoms with Gasteiger partial charge in [-0.3, -0.25) is 4.79 Å². The van der Waals surface area contributed by atoms with E-state index in [9.17, 15) is 13.2 Å². The minimum Gasteiger partial charge on any atom is -0.344 e. The molecule has 160 valence electrons. The molecule has 1 fully saturated rings. The monoisotopic (exact) mass is 434 g/mol. The molecular formula is C25H26N2O3S.